The maximum Gasteiger partial charge on any atom is 0.0628 e. The molecular weight excluding hydrogens is 268 g/mol. The van der Waals surface area contributed by atoms with Crippen molar-refractivity contribution in [2.75, 3.05) is 39.3 Å². The van der Waals surface area contributed by atoms with Crippen molar-refractivity contribution >= 4 is 0 Å². The topological polar surface area (TPSA) is 54.0 Å². The zero-order valence-electron chi connectivity index (χ0n) is 13.0. The van der Waals surface area contributed by atoms with Crippen LogP contribution in [0.2, 0.25) is 0 Å². The van der Waals surface area contributed by atoms with Crippen LogP contribution in [0.3, 0.4) is 0 Å². The van der Waals surface area contributed by atoms with Crippen molar-refractivity contribution in [1.82, 2.24) is 10.2 Å². The molecule has 0 bridgehead atoms. The van der Waals surface area contributed by atoms with Gasteiger partial charge in [0.25, 0.3) is 0 Å². The van der Waals surface area contributed by atoms with Crippen molar-refractivity contribution in [1.29, 1.82) is 0 Å². The van der Waals surface area contributed by atoms with Gasteiger partial charge in [-0.25, -0.2) is 0 Å². The molecule has 3 aliphatic rings. The molecule has 0 spiro atoms. The number of aliphatic hydroxyl groups excluding tert-OH is 1. The Balaban J connectivity index is 1.27. The Morgan fingerprint density at radius 2 is 1.43 bits per heavy atom. The normalized spacial score (nSPS) is 33.0. The van der Waals surface area contributed by atoms with Crippen LogP contribution in [0.4, 0.5) is 0 Å². The molecular formula is C16H30N2O3. The Kier molecular flexibility index (Phi) is 5.89. The maximum atomic E-state index is 8.95. The molecule has 21 heavy (non-hydrogen) atoms. The standard InChI is InChI=1S/C16H30N2O3/c19-10-9-18-7-3-14(4-8-18)21-16-11-15(12-16)20-13-1-5-17-6-2-13/h13-17,19H,1-12H2. The molecule has 1 saturated carbocycles. The highest BCUT2D eigenvalue weighted by molar-refractivity contribution is 4.85. The van der Waals surface area contributed by atoms with Gasteiger partial charge in [0.15, 0.2) is 0 Å². The summed E-state index contributed by atoms with van der Waals surface area (Å²) < 4.78 is 12.3. The van der Waals surface area contributed by atoms with Crippen molar-refractivity contribution in [2.45, 2.75) is 62.9 Å². The lowest BCUT2D eigenvalue weighted by atomic mass is 9.90. The van der Waals surface area contributed by atoms with E-state index >= 15 is 0 Å². The molecule has 3 rings (SSSR count). The molecule has 0 amide bonds. The van der Waals surface area contributed by atoms with E-state index < -0.39 is 0 Å². The number of hydrogen-bond donors (Lipinski definition) is 2. The maximum absolute atomic E-state index is 8.95. The Morgan fingerprint density at radius 3 is 2.00 bits per heavy atom. The number of β-amino-alcohol motifs (C(OH)–C–C–N with tert-alkyl or cyclic N) is 1. The predicted octanol–water partition coefficient (Wildman–Crippen LogP) is 0.759. The summed E-state index contributed by atoms with van der Waals surface area (Å²) in [4.78, 5) is 2.32. The van der Waals surface area contributed by atoms with Crippen LogP contribution in [-0.2, 0) is 9.47 Å². The minimum atomic E-state index is 0.268. The molecule has 0 aromatic heterocycles. The van der Waals surface area contributed by atoms with Gasteiger partial charge >= 0.3 is 0 Å². The predicted molar refractivity (Wildman–Crippen MR) is 81.4 cm³/mol. The van der Waals surface area contributed by atoms with E-state index in [-0.39, 0.29) is 6.61 Å². The zero-order valence-corrected chi connectivity index (χ0v) is 13.0. The molecule has 2 heterocycles. The molecule has 5 nitrogen and oxygen atoms in total. The molecule has 0 aromatic carbocycles. The van der Waals surface area contributed by atoms with Crippen LogP contribution in [0.5, 0.6) is 0 Å². The summed E-state index contributed by atoms with van der Waals surface area (Å²) in [5.74, 6) is 0. The Bertz CT molecular complexity index is 296. The summed E-state index contributed by atoms with van der Waals surface area (Å²) in [6.07, 6.45) is 8.45. The van der Waals surface area contributed by atoms with Gasteiger partial charge in [-0.2, -0.15) is 0 Å². The summed E-state index contributed by atoms with van der Waals surface area (Å²) >= 11 is 0. The van der Waals surface area contributed by atoms with E-state index in [9.17, 15) is 0 Å². The van der Waals surface area contributed by atoms with Crippen molar-refractivity contribution in [3.8, 4) is 0 Å². The van der Waals surface area contributed by atoms with E-state index in [0.29, 0.717) is 24.4 Å². The first kappa shape index (κ1) is 15.7. The number of hydrogen-bond acceptors (Lipinski definition) is 5. The third kappa shape index (κ3) is 4.63. The number of piperidine rings is 2. The van der Waals surface area contributed by atoms with E-state index in [1.807, 2.05) is 0 Å². The minimum absolute atomic E-state index is 0.268. The summed E-state index contributed by atoms with van der Waals surface area (Å²) in [6.45, 7) is 5.40. The van der Waals surface area contributed by atoms with E-state index in [1.54, 1.807) is 0 Å². The number of nitrogens with one attached hydrogen (secondary N) is 1. The molecule has 2 aliphatic heterocycles. The molecule has 1 aliphatic carbocycles. The van der Waals surface area contributed by atoms with Crippen LogP contribution in [-0.4, -0.2) is 73.8 Å². The second-order valence-corrected chi connectivity index (χ2v) is 6.70. The van der Waals surface area contributed by atoms with Gasteiger partial charge in [-0.3, -0.25) is 0 Å². The van der Waals surface area contributed by atoms with Gasteiger partial charge in [-0.05, 0) is 51.6 Å². The van der Waals surface area contributed by atoms with Gasteiger partial charge in [-0.15, -0.1) is 0 Å². The lowest BCUT2D eigenvalue weighted by Crippen LogP contribution is -2.45. The van der Waals surface area contributed by atoms with Crippen molar-refractivity contribution in [3.05, 3.63) is 0 Å². The van der Waals surface area contributed by atoms with Crippen LogP contribution in [0.15, 0.2) is 0 Å². The number of aliphatic hydroxyl groups is 1. The van der Waals surface area contributed by atoms with Crippen molar-refractivity contribution < 1.29 is 14.6 Å². The minimum Gasteiger partial charge on any atom is -0.395 e. The number of likely N-dealkylation sites (tertiary alicyclic amines) is 1. The fourth-order valence-corrected chi connectivity index (χ4v) is 3.63. The first-order chi connectivity index (χ1) is 10.3. The number of ether oxygens (including phenoxy) is 2. The molecule has 5 heteroatoms. The second-order valence-electron chi connectivity index (χ2n) is 6.70. The lowest BCUT2D eigenvalue weighted by Gasteiger charge is -2.41. The molecule has 2 saturated heterocycles. The first-order valence-electron chi connectivity index (χ1n) is 8.68. The van der Waals surface area contributed by atoms with Gasteiger partial charge in [0.1, 0.15) is 0 Å². The zero-order chi connectivity index (χ0) is 14.5. The SMILES string of the molecule is OCCN1CCC(OC2CC(OC3CCNCC3)C2)CC1. The van der Waals surface area contributed by atoms with Gasteiger partial charge in [0, 0.05) is 19.6 Å². The highest BCUT2D eigenvalue weighted by atomic mass is 16.5. The average Bonchev–Trinajstić information content (AvgIpc) is 2.48. The Hall–Kier alpha value is -0.200. The fraction of sp³-hybridized carbons (Fsp3) is 1.00. The molecule has 3 fully saturated rings. The van der Waals surface area contributed by atoms with Gasteiger partial charge in [-0.1, -0.05) is 0 Å². The van der Waals surface area contributed by atoms with Crippen LogP contribution in [0, 0.1) is 0 Å². The number of rotatable bonds is 6. The summed E-state index contributed by atoms with van der Waals surface area (Å²) in [5, 5.41) is 12.3. The van der Waals surface area contributed by atoms with Gasteiger partial charge < -0.3 is 24.8 Å². The van der Waals surface area contributed by atoms with E-state index in [1.165, 1.54) is 0 Å². The quantitative estimate of drug-likeness (QED) is 0.758. The molecule has 0 radical (unpaired) electrons. The van der Waals surface area contributed by atoms with Crippen LogP contribution in [0.25, 0.3) is 0 Å². The van der Waals surface area contributed by atoms with E-state index in [0.717, 1.165) is 71.2 Å². The summed E-state index contributed by atoms with van der Waals surface area (Å²) in [6, 6.07) is 0. The number of nitrogens with zero attached hydrogens (tertiary/aromatic N) is 1. The highest BCUT2D eigenvalue weighted by Gasteiger charge is 2.35. The molecule has 122 valence electrons. The van der Waals surface area contributed by atoms with Gasteiger partial charge in [0.2, 0.25) is 0 Å². The first-order valence-corrected chi connectivity index (χ1v) is 8.68. The third-order valence-electron chi connectivity index (χ3n) is 5.06. The van der Waals surface area contributed by atoms with E-state index in [4.69, 9.17) is 14.6 Å². The van der Waals surface area contributed by atoms with Crippen LogP contribution < -0.4 is 5.32 Å². The highest BCUT2D eigenvalue weighted by Crippen LogP contribution is 2.31. The Morgan fingerprint density at radius 1 is 0.857 bits per heavy atom. The third-order valence-corrected chi connectivity index (χ3v) is 5.06. The lowest BCUT2D eigenvalue weighted by molar-refractivity contribution is -0.154. The second kappa shape index (κ2) is 7.88. The monoisotopic (exact) mass is 298 g/mol. The van der Waals surface area contributed by atoms with Crippen molar-refractivity contribution in [3.63, 3.8) is 0 Å². The van der Waals surface area contributed by atoms with Gasteiger partial charge in [0.05, 0.1) is 31.0 Å². The largest absolute Gasteiger partial charge is 0.395 e. The summed E-state index contributed by atoms with van der Waals surface area (Å²) in [7, 11) is 0. The molecule has 0 unspecified atom stereocenters. The van der Waals surface area contributed by atoms with Crippen LogP contribution >= 0.6 is 0 Å². The van der Waals surface area contributed by atoms with Crippen LogP contribution in [0.1, 0.15) is 38.5 Å². The fourth-order valence-electron chi connectivity index (χ4n) is 3.63. The van der Waals surface area contributed by atoms with Crippen molar-refractivity contribution in [2.24, 2.45) is 0 Å². The summed E-state index contributed by atoms with van der Waals surface area (Å²) in [5.41, 5.74) is 0. The molecule has 0 atom stereocenters. The molecule has 0 aromatic rings. The Labute approximate surface area is 128 Å². The average molecular weight is 298 g/mol. The van der Waals surface area contributed by atoms with E-state index in [2.05, 4.69) is 10.2 Å². The molecule has 2 N–H and O–H groups in total. The smallest absolute Gasteiger partial charge is 0.0628 e.